The number of nitrogens with one attached hydrogen (secondary N) is 2. The zero-order valence-corrected chi connectivity index (χ0v) is 15.1. The normalized spacial score (nSPS) is 14.6. The summed E-state index contributed by atoms with van der Waals surface area (Å²) in [6.07, 6.45) is 0.792. The van der Waals surface area contributed by atoms with Crippen molar-refractivity contribution < 1.29 is 9.59 Å². The molecule has 0 radical (unpaired) electrons. The highest BCUT2D eigenvalue weighted by atomic mass is 35.5. The van der Waals surface area contributed by atoms with Gasteiger partial charge in [0.1, 0.15) is 6.04 Å². The van der Waals surface area contributed by atoms with Crippen LogP contribution in [-0.2, 0) is 4.79 Å². The summed E-state index contributed by atoms with van der Waals surface area (Å²) >= 11 is 1.35. The zero-order chi connectivity index (χ0) is 16.0. The molecule has 126 valence electrons. The molecule has 1 rings (SSSR count). The van der Waals surface area contributed by atoms with Crippen LogP contribution in [0.5, 0.6) is 0 Å². The second kappa shape index (κ2) is 9.12. The van der Waals surface area contributed by atoms with Gasteiger partial charge in [-0.25, -0.2) is 0 Å². The third-order valence-corrected chi connectivity index (χ3v) is 4.09. The van der Waals surface area contributed by atoms with Crippen molar-refractivity contribution in [2.45, 2.75) is 45.7 Å². The van der Waals surface area contributed by atoms with Crippen LogP contribution in [0.25, 0.3) is 0 Å². The van der Waals surface area contributed by atoms with E-state index in [2.05, 4.69) is 24.5 Å². The quantitative estimate of drug-likeness (QED) is 0.706. The van der Waals surface area contributed by atoms with E-state index in [1.165, 1.54) is 11.3 Å². The molecule has 5 nitrogen and oxygen atoms in total. The van der Waals surface area contributed by atoms with Gasteiger partial charge in [0.05, 0.1) is 4.88 Å². The standard InChI is InChI=1S/C15H25N3O2S.ClH/c1-10(2)8-15(4,9-16)18-13(19)11(3)17-14(20)12-6-5-7-21-12;/h5-7,10-11H,8-9,16H2,1-4H3,(H,17,20)(H,18,19);1H. The molecule has 0 aromatic carbocycles. The monoisotopic (exact) mass is 347 g/mol. The Morgan fingerprint density at radius 1 is 1.36 bits per heavy atom. The maximum atomic E-state index is 12.2. The van der Waals surface area contributed by atoms with Crippen molar-refractivity contribution >= 4 is 35.6 Å². The molecule has 4 N–H and O–H groups in total. The first kappa shape index (κ1) is 20.9. The molecule has 1 aromatic rings. The highest BCUT2D eigenvalue weighted by Crippen LogP contribution is 2.15. The Labute approximate surface area is 142 Å². The van der Waals surface area contributed by atoms with Crippen LogP contribution in [0.2, 0.25) is 0 Å². The van der Waals surface area contributed by atoms with E-state index in [-0.39, 0.29) is 24.2 Å². The van der Waals surface area contributed by atoms with Gasteiger partial charge >= 0.3 is 0 Å². The van der Waals surface area contributed by atoms with E-state index in [0.29, 0.717) is 17.3 Å². The van der Waals surface area contributed by atoms with Crippen molar-refractivity contribution in [3.8, 4) is 0 Å². The Morgan fingerprint density at radius 2 is 2.00 bits per heavy atom. The second-order valence-corrected chi connectivity index (χ2v) is 6.97. The van der Waals surface area contributed by atoms with Gasteiger partial charge in [-0.15, -0.1) is 23.7 Å². The van der Waals surface area contributed by atoms with Crippen molar-refractivity contribution in [1.82, 2.24) is 10.6 Å². The summed E-state index contributed by atoms with van der Waals surface area (Å²) in [5, 5.41) is 7.48. The number of carbonyl (C=O) groups excluding carboxylic acids is 2. The fourth-order valence-corrected chi connectivity index (χ4v) is 2.86. The van der Waals surface area contributed by atoms with Crippen molar-refractivity contribution in [3.05, 3.63) is 22.4 Å². The Bertz CT molecular complexity index is 479. The molecule has 2 unspecified atom stereocenters. The van der Waals surface area contributed by atoms with Crippen molar-refractivity contribution in [1.29, 1.82) is 0 Å². The van der Waals surface area contributed by atoms with E-state index >= 15 is 0 Å². The van der Waals surface area contributed by atoms with Crippen LogP contribution < -0.4 is 16.4 Å². The Kier molecular flexibility index (Phi) is 8.66. The molecule has 0 saturated carbocycles. The highest BCUT2D eigenvalue weighted by Gasteiger charge is 2.28. The summed E-state index contributed by atoms with van der Waals surface area (Å²) in [6.45, 7) is 8.14. The number of amides is 2. The van der Waals surface area contributed by atoms with Gasteiger partial charge in [0, 0.05) is 12.1 Å². The van der Waals surface area contributed by atoms with Gasteiger partial charge in [0.15, 0.2) is 0 Å². The first-order valence-corrected chi connectivity index (χ1v) is 8.02. The molecule has 7 heteroatoms. The average Bonchev–Trinajstić information content (AvgIpc) is 2.91. The van der Waals surface area contributed by atoms with Gasteiger partial charge in [-0.2, -0.15) is 0 Å². The van der Waals surface area contributed by atoms with E-state index < -0.39 is 11.6 Å². The maximum absolute atomic E-state index is 12.2. The molecule has 22 heavy (non-hydrogen) atoms. The van der Waals surface area contributed by atoms with E-state index in [0.717, 1.165) is 6.42 Å². The number of hydrogen-bond acceptors (Lipinski definition) is 4. The fourth-order valence-electron chi connectivity index (χ4n) is 2.23. The lowest BCUT2D eigenvalue weighted by Crippen LogP contribution is -2.57. The third-order valence-electron chi connectivity index (χ3n) is 3.22. The van der Waals surface area contributed by atoms with E-state index in [9.17, 15) is 9.59 Å². The van der Waals surface area contributed by atoms with Crippen molar-refractivity contribution in [3.63, 3.8) is 0 Å². The lowest BCUT2D eigenvalue weighted by atomic mass is 9.90. The summed E-state index contributed by atoms with van der Waals surface area (Å²) in [4.78, 5) is 24.8. The largest absolute Gasteiger partial charge is 0.348 e. The minimum absolute atomic E-state index is 0. The van der Waals surface area contributed by atoms with Crippen LogP contribution >= 0.6 is 23.7 Å². The van der Waals surface area contributed by atoms with Gasteiger partial charge in [0.2, 0.25) is 5.91 Å². The number of halogens is 1. The SMILES string of the molecule is CC(C)CC(C)(CN)NC(=O)C(C)NC(=O)c1cccs1.Cl. The molecule has 0 saturated heterocycles. The Morgan fingerprint density at radius 3 is 2.45 bits per heavy atom. The summed E-state index contributed by atoms with van der Waals surface area (Å²) in [5.41, 5.74) is 5.33. The van der Waals surface area contributed by atoms with Crippen molar-refractivity contribution in [2.24, 2.45) is 11.7 Å². The minimum atomic E-state index is -0.599. The molecule has 0 spiro atoms. The predicted molar refractivity (Wildman–Crippen MR) is 93.6 cm³/mol. The molecule has 1 aromatic heterocycles. The summed E-state index contributed by atoms with van der Waals surface area (Å²) in [5.74, 6) is -0.0191. The second-order valence-electron chi connectivity index (χ2n) is 6.02. The van der Waals surface area contributed by atoms with Crippen LogP contribution in [-0.4, -0.2) is 29.9 Å². The Balaban J connectivity index is 0.00000441. The maximum Gasteiger partial charge on any atom is 0.261 e. The topological polar surface area (TPSA) is 84.2 Å². The zero-order valence-electron chi connectivity index (χ0n) is 13.5. The minimum Gasteiger partial charge on any atom is -0.348 e. The summed E-state index contributed by atoms with van der Waals surface area (Å²) in [6, 6.07) is 2.93. The lowest BCUT2D eigenvalue weighted by Gasteiger charge is -2.32. The van der Waals surface area contributed by atoms with Crippen molar-refractivity contribution in [2.75, 3.05) is 6.54 Å². The lowest BCUT2D eigenvalue weighted by molar-refractivity contribution is -0.124. The highest BCUT2D eigenvalue weighted by molar-refractivity contribution is 7.12. The van der Waals surface area contributed by atoms with Crippen LogP contribution in [0.1, 0.15) is 43.8 Å². The Hall–Kier alpha value is -1.11. The molecule has 0 aliphatic heterocycles. The van der Waals surface area contributed by atoms with Crippen LogP contribution in [0, 0.1) is 5.92 Å². The molecule has 2 amide bonds. The molecule has 1 heterocycles. The fraction of sp³-hybridized carbons (Fsp3) is 0.600. The number of carbonyl (C=O) groups is 2. The predicted octanol–water partition coefficient (Wildman–Crippen LogP) is 2.17. The van der Waals surface area contributed by atoms with Gasteiger partial charge in [-0.05, 0) is 37.6 Å². The third kappa shape index (κ3) is 6.34. The van der Waals surface area contributed by atoms with Crippen LogP contribution in [0.3, 0.4) is 0 Å². The van der Waals surface area contributed by atoms with E-state index in [4.69, 9.17) is 5.73 Å². The average molecular weight is 348 g/mol. The number of nitrogens with two attached hydrogens (primary N) is 1. The van der Waals surface area contributed by atoms with Gasteiger partial charge in [0.25, 0.3) is 5.91 Å². The van der Waals surface area contributed by atoms with E-state index in [1.54, 1.807) is 19.1 Å². The van der Waals surface area contributed by atoms with E-state index in [1.807, 2.05) is 12.3 Å². The van der Waals surface area contributed by atoms with Gasteiger partial charge in [-0.3, -0.25) is 9.59 Å². The van der Waals surface area contributed by atoms with Crippen LogP contribution in [0.4, 0.5) is 0 Å². The van der Waals surface area contributed by atoms with Gasteiger partial charge in [-0.1, -0.05) is 19.9 Å². The summed E-state index contributed by atoms with van der Waals surface area (Å²) in [7, 11) is 0. The first-order valence-electron chi connectivity index (χ1n) is 7.14. The molecular weight excluding hydrogens is 322 g/mol. The van der Waals surface area contributed by atoms with Gasteiger partial charge < -0.3 is 16.4 Å². The molecule has 2 atom stereocenters. The number of thiophene rings is 1. The molecule has 0 fully saturated rings. The molecule has 0 bridgehead atoms. The number of rotatable bonds is 7. The number of hydrogen-bond donors (Lipinski definition) is 3. The summed E-state index contributed by atoms with van der Waals surface area (Å²) < 4.78 is 0. The smallest absolute Gasteiger partial charge is 0.261 e. The van der Waals surface area contributed by atoms with Crippen LogP contribution in [0.15, 0.2) is 17.5 Å². The molecule has 0 aliphatic rings. The first-order chi connectivity index (χ1) is 9.77. The molecule has 0 aliphatic carbocycles. The molecular formula is C15H26ClN3O2S.